The second-order valence-corrected chi connectivity index (χ2v) is 15.8. The molecule has 0 aliphatic rings. The topological polar surface area (TPSA) is 72.2 Å². The van der Waals surface area contributed by atoms with E-state index in [4.69, 9.17) is 5.73 Å². The quantitative estimate of drug-likeness (QED) is 0.0940. The Kier molecular flexibility index (Phi) is 13.4. The molecule has 2 amide bonds. The van der Waals surface area contributed by atoms with Gasteiger partial charge in [0.2, 0.25) is 0 Å². The minimum atomic E-state index is -0.406. The van der Waals surface area contributed by atoms with Gasteiger partial charge in [-0.3, -0.25) is 9.59 Å². The standard InChI is InChI=1S/C34H48N2O2S4/c1-4-6-8-10-11-12-13-14-15-17-19-24-22-26-30(40-24)27(33(35)37)31(42-26)32-28(29-25(41-32)20-21-39-29)34(38)36-23(3)18-16-9-7-5-2/h20-23H,4-19H2,1-3H3,(H2,35,37)(H,36,38). The largest absolute Gasteiger partial charge is 0.366 e. The van der Waals surface area contributed by atoms with Crippen molar-refractivity contribution in [3.63, 3.8) is 0 Å². The van der Waals surface area contributed by atoms with Gasteiger partial charge in [0.05, 0.1) is 30.3 Å². The number of rotatable bonds is 20. The number of hydrogen-bond donors (Lipinski definition) is 2. The van der Waals surface area contributed by atoms with Gasteiger partial charge in [0, 0.05) is 20.3 Å². The summed E-state index contributed by atoms with van der Waals surface area (Å²) in [7, 11) is 0. The van der Waals surface area contributed by atoms with Crippen LogP contribution in [-0.2, 0) is 6.42 Å². The molecule has 4 rings (SSSR count). The molecule has 8 heteroatoms. The lowest BCUT2D eigenvalue weighted by Gasteiger charge is -2.14. The highest BCUT2D eigenvalue weighted by Gasteiger charge is 2.28. The van der Waals surface area contributed by atoms with Crippen molar-refractivity contribution >= 4 is 76.0 Å². The lowest BCUT2D eigenvalue weighted by Crippen LogP contribution is -2.32. The number of aryl methyl sites for hydroxylation is 1. The zero-order valence-electron chi connectivity index (χ0n) is 25.6. The number of amides is 2. The molecule has 230 valence electrons. The average molecular weight is 645 g/mol. The molecular formula is C34H48N2O2S4. The Morgan fingerprint density at radius 2 is 1.36 bits per heavy atom. The third-order valence-corrected chi connectivity index (χ3v) is 12.9. The third-order valence-electron chi connectivity index (χ3n) is 8.04. The summed E-state index contributed by atoms with van der Waals surface area (Å²) in [5.74, 6) is -0.452. The van der Waals surface area contributed by atoms with Crippen LogP contribution in [0.2, 0.25) is 0 Å². The molecule has 0 bridgehead atoms. The number of hydrogen-bond acceptors (Lipinski definition) is 6. The molecule has 0 aromatic carbocycles. The molecule has 42 heavy (non-hydrogen) atoms. The van der Waals surface area contributed by atoms with Crippen LogP contribution in [0.3, 0.4) is 0 Å². The number of carbonyl (C=O) groups is 2. The molecule has 0 radical (unpaired) electrons. The highest BCUT2D eigenvalue weighted by Crippen LogP contribution is 2.49. The zero-order chi connectivity index (χ0) is 29.9. The van der Waals surface area contributed by atoms with E-state index in [1.165, 1.54) is 88.3 Å². The van der Waals surface area contributed by atoms with Gasteiger partial charge in [-0.05, 0) is 43.7 Å². The molecule has 0 aliphatic heterocycles. The van der Waals surface area contributed by atoms with Gasteiger partial charge in [0.15, 0.2) is 0 Å². The van der Waals surface area contributed by atoms with E-state index in [-0.39, 0.29) is 11.9 Å². The third kappa shape index (κ3) is 8.67. The van der Waals surface area contributed by atoms with Crippen molar-refractivity contribution in [2.45, 2.75) is 130 Å². The van der Waals surface area contributed by atoms with E-state index in [0.717, 1.165) is 47.8 Å². The number of primary amides is 1. The smallest absolute Gasteiger partial charge is 0.254 e. The van der Waals surface area contributed by atoms with E-state index in [9.17, 15) is 9.59 Å². The lowest BCUT2D eigenvalue weighted by atomic mass is 10.1. The highest BCUT2D eigenvalue weighted by molar-refractivity contribution is 7.34. The second-order valence-electron chi connectivity index (χ2n) is 11.7. The molecule has 4 heterocycles. The maximum atomic E-state index is 13.7. The van der Waals surface area contributed by atoms with E-state index in [0.29, 0.717) is 11.1 Å². The summed E-state index contributed by atoms with van der Waals surface area (Å²) in [5.41, 5.74) is 7.30. The van der Waals surface area contributed by atoms with Crippen LogP contribution in [0.25, 0.3) is 28.6 Å². The predicted octanol–water partition coefficient (Wildman–Crippen LogP) is 11.6. The van der Waals surface area contributed by atoms with Crippen LogP contribution < -0.4 is 11.1 Å². The molecule has 1 atom stereocenters. The highest BCUT2D eigenvalue weighted by atomic mass is 32.1. The molecule has 0 saturated carbocycles. The fourth-order valence-electron chi connectivity index (χ4n) is 5.67. The summed E-state index contributed by atoms with van der Waals surface area (Å²) in [6.45, 7) is 6.57. The Morgan fingerprint density at radius 1 is 0.762 bits per heavy atom. The van der Waals surface area contributed by atoms with Gasteiger partial charge >= 0.3 is 0 Å². The Labute approximate surface area is 268 Å². The Bertz CT molecular complexity index is 1430. The van der Waals surface area contributed by atoms with E-state index < -0.39 is 5.91 Å². The second kappa shape index (κ2) is 16.9. The number of thiophene rings is 4. The molecule has 3 N–H and O–H groups in total. The summed E-state index contributed by atoms with van der Waals surface area (Å²) in [4.78, 5) is 29.6. The molecule has 1 unspecified atom stereocenters. The predicted molar refractivity (Wildman–Crippen MR) is 188 cm³/mol. The number of carbonyl (C=O) groups excluding carboxylic acids is 2. The van der Waals surface area contributed by atoms with Crippen molar-refractivity contribution < 1.29 is 9.59 Å². The maximum absolute atomic E-state index is 13.7. The van der Waals surface area contributed by atoms with Gasteiger partial charge in [0.25, 0.3) is 11.8 Å². The van der Waals surface area contributed by atoms with Crippen molar-refractivity contribution in [2.24, 2.45) is 5.73 Å². The molecule has 0 fully saturated rings. The van der Waals surface area contributed by atoms with Crippen molar-refractivity contribution in [3.8, 4) is 9.75 Å². The molecule has 0 aliphatic carbocycles. The van der Waals surface area contributed by atoms with Crippen molar-refractivity contribution in [3.05, 3.63) is 33.5 Å². The lowest BCUT2D eigenvalue weighted by molar-refractivity contribution is 0.0939. The zero-order valence-corrected chi connectivity index (χ0v) is 28.9. The minimum absolute atomic E-state index is 0.0458. The van der Waals surface area contributed by atoms with Gasteiger partial charge in [-0.1, -0.05) is 97.3 Å². The summed E-state index contributed by atoms with van der Waals surface area (Å²) >= 11 is 6.53. The average Bonchev–Trinajstić information content (AvgIpc) is 3.71. The number of fused-ring (bicyclic) bond motifs is 2. The summed E-state index contributed by atoms with van der Waals surface area (Å²) in [6, 6.07) is 4.43. The molecular weight excluding hydrogens is 597 g/mol. The summed E-state index contributed by atoms with van der Waals surface area (Å²) < 4.78 is 4.18. The minimum Gasteiger partial charge on any atom is -0.366 e. The first kappa shape index (κ1) is 33.2. The van der Waals surface area contributed by atoms with E-state index in [1.54, 1.807) is 45.3 Å². The van der Waals surface area contributed by atoms with Gasteiger partial charge in [0.1, 0.15) is 0 Å². The van der Waals surface area contributed by atoms with Crippen LogP contribution in [0.15, 0.2) is 17.5 Å². The van der Waals surface area contributed by atoms with Crippen LogP contribution in [0.4, 0.5) is 0 Å². The summed E-state index contributed by atoms with van der Waals surface area (Å²) in [6.07, 6.45) is 20.1. The summed E-state index contributed by atoms with van der Waals surface area (Å²) in [5, 5.41) is 5.29. The Morgan fingerprint density at radius 3 is 2.02 bits per heavy atom. The fraction of sp³-hybridized carbons (Fsp3) is 0.588. The van der Waals surface area contributed by atoms with Crippen LogP contribution in [0.1, 0.15) is 143 Å². The molecule has 0 saturated heterocycles. The van der Waals surface area contributed by atoms with Gasteiger partial charge in [-0.15, -0.1) is 45.3 Å². The van der Waals surface area contributed by atoms with Crippen molar-refractivity contribution in [2.75, 3.05) is 0 Å². The van der Waals surface area contributed by atoms with E-state index in [2.05, 4.69) is 38.2 Å². The number of unbranched alkanes of at least 4 members (excludes halogenated alkanes) is 12. The van der Waals surface area contributed by atoms with Gasteiger partial charge in [-0.25, -0.2) is 0 Å². The number of nitrogens with two attached hydrogens (primary N) is 1. The van der Waals surface area contributed by atoms with Crippen molar-refractivity contribution in [1.29, 1.82) is 0 Å². The maximum Gasteiger partial charge on any atom is 0.254 e. The fourth-order valence-corrected chi connectivity index (χ4v) is 10.9. The van der Waals surface area contributed by atoms with E-state index in [1.807, 2.05) is 5.38 Å². The van der Waals surface area contributed by atoms with Crippen LogP contribution in [0, 0.1) is 0 Å². The van der Waals surface area contributed by atoms with E-state index >= 15 is 0 Å². The van der Waals surface area contributed by atoms with Gasteiger partial charge in [-0.2, -0.15) is 0 Å². The first-order valence-corrected chi connectivity index (χ1v) is 19.4. The first-order valence-electron chi connectivity index (χ1n) is 16.1. The molecule has 4 aromatic rings. The first-order chi connectivity index (χ1) is 20.4. The van der Waals surface area contributed by atoms with Crippen LogP contribution >= 0.6 is 45.3 Å². The van der Waals surface area contributed by atoms with Crippen LogP contribution in [-0.4, -0.2) is 17.9 Å². The number of nitrogens with one attached hydrogen (secondary N) is 1. The molecule has 4 aromatic heterocycles. The molecule has 0 spiro atoms. The van der Waals surface area contributed by atoms with Gasteiger partial charge < -0.3 is 11.1 Å². The SMILES string of the molecule is CCCCCCCCCCCCc1cc2sc(-c3sc4ccsc4c3C(=O)NC(C)CCCCCC)c(C(N)=O)c2s1. The Balaban J connectivity index is 1.44. The Hall–Kier alpha value is -1.74. The normalized spacial score (nSPS) is 12.5. The monoisotopic (exact) mass is 644 g/mol. The van der Waals surface area contributed by atoms with Crippen LogP contribution in [0.5, 0.6) is 0 Å². The van der Waals surface area contributed by atoms with Crippen molar-refractivity contribution in [1.82, 2.24) is 5.32 Å². The molecule has 4 nitrogen and oxygen atoms in total.